The quantitative estimate of drug-likeness (QED) is 0.239. The normalized spacial score (nSPS) is 15.4. The van der Waals surface area contributed by atoms with Crippen molar-refractivity contribution >= 4 is 74.8 Å². The van der Waals surface area contributed by atoms with Crippen LogP contribution in [0.5, 0.6) is 0 Å². The van der Waals surface area contributed by atoms with E-state index >= 15 is 0 Å². The molecule has 2 N–H and O–H groups in total. The summed E-state index contributed by atoms with van der Waals surface area (Å²) in [5, 5.41) is 19.6. The minimum atomic E-state index is -0.572. The molecule has 0 radical (unpaired) electrons. The van der Waals surface area contributed by atoms with Crippen LogP contribution in [0.1, 0.15) is 20.0 Å². The average Bonchev–Trinajstić information content (AvgIpc) is 3.52. The molecule has 2 aromatic carbocycles. The lowest BCUT2D eigenvalue weighted by Gasteiger charge is -2.36. The first-order valence-electron chi connectivity index (χ1n) is 12.9. The largest absolute Gasteiger partial charge is 0.378 e. The molecule has 0 atom stereocenters. The van der Waals surface area contributed by atoms with Crippen molar-refractivity contribution in [1.82, 2.24) is 10.2 Å². The third-order valence-electron chi connectivity index (χ3n) is 6.86. The number of nitrogens with one attached hydrogen (secondary N) is 2. The minimum absolute atomic E-state index is 0.0272. The van der Waals surface area contributed by atoms with Crippen LogP contribution in [0.25, 0.3) is 0 Å². The van der Waals surface area contributed by atoms with Crippen molar-refractivity contribution in [3.8, 4) is 0 Å². The first kappa shape index (κ1) is 28.7. The highest BCUT2D eigenvalue weighted by molar-refractivity contribution is 7.80. The van der Waals surface area contributed by atoms with Crippen LogP contribution in [0.15, 0.2) is 53.9 Å². The second-order valence-electron chi connectivity index (χ2n) is 9.39. The number of halogens is 1. The molecule has 14 heteroatoms. The first-order chi connectivity index (χ1) is 19.8. The molecule has 0 unspecified atom stereocenters. The first-order valence-corrected chi connectivity index (χ1v) is 14.6. The highest BCUT2D eigenvalue weighted by Crippen LogP contribution is 2.31. The summed E-state index contributed by atoms with van der Waals surface area (Å²) in [6.45, 7) is 4.52. The van der Waals surface area contributed by atoms with Gasteiger partial charge >= 0.3 is 0 Å². The van der Waals surface area contributed by atoms with Crippen molar-refractivity contribution < 1.29 is 19.2 Å². The zero-order valence-corrected chi connectivity index (χ0v) is 24.3. The van der Waals surface area contributed by atoms with Gasteiger partial charge in [-0.25, -0.2) is 0 Å². The molecule has 0 bridgehead atoms. The Bertz CT molecular complexity index is 1460. The van der Waals surface area contributed by atoms with Crippen LogP contribution in [0.4, 0.5) is 22.7 Å². The predicted molar refractivity (Wildman–Crippen MR) is 164 cm³/mol. The van der Waals surface area contributed by atoms with Gasteiger partial charge in [-0.1, -0.05) is 17.7 Å². The number of thiophene rings is 1. The summed E-state index contributed by atoms with van der Waals surface area (Å²) in [6.07, 6.45) is 0. The van der Waals surface area contributed by atoms with Gasteiger partial charge in [0.15, 0.2) is 5.11 Å². The number of nitro groups is 1. The number of nitrogens with zero attached hydrogens (tertiary/aromatic N) is 4. The summed E-state index contributed by atoms with van der Waals surface area (Å²) >= 11 is 13.3. The Morgan fingerprint density at radius 3 is 2.34 bits per heavy atom. The van der Waals surface area contributed by atoms with Gasteiger partial charge in [0.1, 0.15) is 5.69 Å². The lowest BCUT2D eigenvalue weighted by atomic mass is 10.1. The van der Waals surface area contributed by atoms with E-state index in [-0.39, 0.29) is 22.3 Å². The fourth-order valence-corrected chi connectivity index (χ4v) is 5.97. The number of piperazine rings is 1. The monoisotopic (exact) mass is 614 g/mol. The van der Waals surface area contributed by atoms with E-state index in [1.54, 1.807) is 18.2 Å². The van der Waals surface area contributed by atoms with Crippen LogP contribution < -0.4 is 20.4 Å². The van der Waals surface area contributed by atoms with Crippen LogP contribution in [0, 0.1) is 10.1 Å². The number of carbonyl (C=O) groups is 2. The van der Waals surface area contributed by atoms with Crippen LogP contribution >= 0.6 is 35.2 Å². The number of benzene rings is 2. The summed E-state index contributed by atoms with van der Waals surface area (Å²) in [6, 6.07) is 13.4. The van der Waals surface area contributed by atoms with Crippen molar-refractivity contribution in [3.63, 3.8) is 0 Å². The maximum atomic E-state index is 12.8. The SMILES string of the molecule is O=C(NC(=S)Nc1ccc(N2CCN(C(=O)c3cccs3)CC2)c(Cl)c1)c1ccc(N2CCOCC2)c([N+](=O)[O-])c1. The number of hydrogen-bond acceptors (Lipinski definition) is 9. The molecule has 2 fully saturated rings. The van der Waals surface area contributed by atoms with E-state index in [0.717, 1.165) is 10.6 Å². The van der Waals surface area contributed by atoms with Crippen molar-refractivity contribution in [1.29, 1.82) is 0 Å². The Morgan fingerprint density at radius 1 is 0.976 bits per heavy atom. The number of thiocarbonyl (C=S) groups is 1. The number of morpholine rings is 1. The van der Waals surface area contributed by atoms with E-state index in [0.29, 0.717) is 68.9 Å². The van der Waals surface area contributed by atoms with Crippen molar-refractivity contribution in [2.24, 2.45) is 0 Å². The molecule has 2 saturated heterocycles. The summed E-state index contributed by atoms with van der Waals surface area (Å²) < 4.78 is 5.32. The fraction of sp³-hybridized carbons (Fsp3) is 0.296. The minimum Gasteiger partial charge on any atom is -0.378 e. The molecule has 3 heterocycles. The summed E-state index contributed by atoms with van der Waals surface area (Å²) in [7, 11) is 0. The molecule has 2 aliphatic rings. The van der Waals surface area contributed by atoms with Gasteiger partial charge in [-0.05, 0) is 54.0 Å². The molecule has 3 aromatic rings. The average molecular weight is 615 g/mol. The van der Waals surface area contributed by atoms with Gasteiger partial charge in [-0.15, -0.1) is 11.3 Å². The Kier molecular flexibility index (Phi) is 8.98. The molecule has 2 aliphatic heterocycles. The number of anilines is 3. The lowest BCUT2D eigenvalue weighted by molar-refractivity contribution is -0.384. The van der Waals surface area contributed by atoms with E-state index in [2.05, 4.69) is 15.5 Å². The molecular formula is C27H27ClN6O5S2. The van der Waals surface area contributed by atoms with E-state index in [4.69, 9.17) is 28.6 Å². The third kappa shape index (κ3) is 6.76. The molecule has 0 spiro atoms. The maximum Gasteiger partial charge on any atom is 0.293 e. The van der Waals surface area contributed by atoms with Gasteiger partial charge in [0, 0.05) is 56.6 Å². The van der Waals surface area contributed by atoms with Crippen LogP contribution in [-0.4, -0.2) is 79.2 Å². The van der Waals surface area contributed by atoms with Crippen molar-refractivity contribution in [2.45, 2.75) is 0 Å². The molecule has 5 rings (SSSR count). The van der Waals surface area contributed by atoms with Crippen molar-refractivity contribution in [2.75, 3.05) is 67.6 Å². The highest BCUT2D eigenvalue weighted by atomic mass is 35.5. The lowest BCUT2D eigenvalue weighted by Crippen LogP contribution is -2.48. The number of hydrogen-bond donors (Lipinski definition) is 2. The molecule has 0 saturated carbocycles. The van der Waals surface area contributed by atoms with Gasteiger partial charge < -0.3 is 24.8 Å². The second kappa shape index (κ2) is 12.8. The van der Waals surface area contributed by atoms with E-state index in [9.17, 15) is 19.7 Å². The van der Waals surface area contributed by atoms with Gasteiger partial charge in [0.2, 0.25) is 0 Å². The number of amides is 2. The number of ether oxygens (including phenoxy) is 1. The standard InChI is InChI=1S/C27H27ClN6O5S2/c28-20-17-19(4-6-21(20)31-7-9-33(10-8-31)26(36)24-2-1-15-41-24)29-27(40)30-25(35)18-3-5-22(23(16-18)34(37)38)32-11-13-39-14-12-32/h1-6,15-17H,7-14H2,(H2,29,30,35,40). The molecule has 214 valence electrons. The van der Waals surface area contributed by atoms with Gasteiger partial charge in [0.05, 0.1) is 33.7 Å². The fourth-order valence-electron chi connectivity index (χ4n) is 4.77. The van der Waals surface area contributed by atoms with E-state index in [1.807, 2.05) is 33.4 Å². The Hall–Kier alpha value is -3.78. The number of rotatable bonds is 6. The zero-order chi connectivity index (χ0) is 28.9. The topological polar surface area (TPSA) is 120 Å². The van der Waals surface area contributed by atoms with Gasteiger partial charge in [-0.2, -0.15) is 0 Å². The molecular weight excluding hydrogens is 588 g/mol. The molecule has 0 aliphatic carbocycles. The number of nitro benzene ring substituents is 1. The summed E-state index contributed by atoms with van der Waals surface area (Å²) in [5.74, 6) is -0.527. The molecule has 41 heavy (non-hydrogen) atoms. The van der Waals surface area contributed by atoms with E-state index in [1.165, 1.54) is 23.5 Å². The Labute approximate surface area is 250 Å². The Balaban J connectivity index is 1.17. The van der Waals surface area contributed by atoms with E-state index < -0.39 is 10.8 Å². The second-order valence-corrected chi connectivity index (χ2v) is 11.2. The third-order valence-corrected chi connectivity index (χ3v) is 8.22. The maximum absolute atomic E-state index is 12.8. The Morgan fingerprint density at radius 2 is 1.68 bits per heavy atom. The molecule has 2 amide bonds. The van der Waals surface area contributed by atoms with Gasteiger partial charge in [-0.3, -0.25) is 25.0 Å². The van der Waals surface area contributed by atoms with Crippen LogP contribution in [0.2, 0.25) is 5.02 Å². The van der Waals surface area contributed by atoms with Gasteiger partial charge in [0.25, 0.3) is 17.5 Å². The molecule has 1 aromatic heterocycles. The smallest absolute Gasteiger partial charge is 0.293 e. The highest BCUT2D eigenvalue weighted by Gasteiger charge is 2.25. The number of carbonyl (C=O) groups excluding carboxylic acids is 2. The van der Waals surface area contributed by atoms with Crippen LogP contribution in [-0.2, 0) is 4.74 Å². The summed E-state index contributed by atoms with van der Waals surface area (Å²) in [4.78, 5) is 43.2. The summed E-state index contributed by atoms with van der Waals surface area (Å²) in [5.41, 5.74) is 1.81. The predicted octanol–water partition coefficient (Wildman–Crippen LogP) is 4.24. The molecule has 11 nitrogen and oxygen atoms in total. The zero-order valence-electron chi connectivity index (χ0n) is 21.9. The van der Waals surface area contributed by atoms with Crippen LogP contribution in [0.3, 0.4) is 0 Å². The van der Waals surface area contributed by atoms with Crippen molar-refractivity contribution in [3.05, 3.63) is 79.5 Å².